The Morgan fingerprint density at radius 2 is 2.07 bits per heavy atom. The number of hydrogen-bond acceptors (Lipinski definition) is 4. The summed E-state index contributed by atoms with van der Waals surface area (Å²) in [7, 11) is 0. The summed E-state index contributed by atoms with van der Waals surface area (Å²) in [5.41, 5.74) is 3.93. The average Bonchev–Trinajstić information content (AvgIpc) is 2.72. The number of hydrogen-bond donors (Lipinski definition) is 2. The topological polar surface area (TPSA) is 60.6 Å². The van der Waals surface area contributed by atoms with Crippen molar-refractivity contribution < 1.29 is 4.74 Å². The molecule has 1 saturated heterocycles. The molecule has 1 aromatic heterocycles. The predicted octanol–water partition coefficient (Wildman–Crippen LogP) is 2.56. The highest BCUT2D eigenvalue weighted by molar-refractivity contribution is 7.80. The minimum absolute atomic E-state index is 0.0383. The monoisotopic (exact) mass is 416 g/mol. The molecule has 2 N–H and O–H groups in total. The smallest absolute Gasteiger partial charge is 0.253 e. The molecule has 0 bridgehead atoms. The molecule has 6 nitrogen and oxygen atoms in total. The van der Waals surface area contributed by atoms with Gasteiger partial charge in [0.2, 0.25) is 0 Å². The molecule has 0 unspecified atom stereocenters. The zero-order valence-electron chi connectivity index (χ0n) is 17.7. The summed E-state index contributed by atoms with van der Waals surface area (Å²) in [6, 6.07) is 6.18. The second-order valence-corrected chi connectivity index (χ2v) is 8.05. The van der Waals surface area contributed by atoms with Crippen LogP contribution in [0.25, 0.3) is 10.9 Å². The van der Waals surface area contributed by atoms with Gasteiger partial charge in [-0.2, -0.15) is 0 Å². The van der Waals surface area contributed by atoms with Crippen LogP contribution >= 0.6 is 12.2 Å². The quantitative estimate of drug-likeness (QED) is 0.677. The third-order valence-corrected chi connectivity index (χ3v) is 6.01. The van der Waals surface area contributed by atoms with Gasteiger partial charge >= 0.3 is 0 Å². The van der Waals surface area contributed by atoms with Gasteiger partial charge in [0.05, 0.1) is 25.3 Å². The molecule has 0 aliphatic carbocycles. The Bertz CT molecular complexity index is 906. The van der Waals surface area contributed by atoms with Crippen molar-refractivity contribution in [2.75, 3.05) is 45.9 Å². The normalized spacial score (nSPS) is 14.9. The Morgan fingerprint density at radius 3 is 2.79 bits per heavy atom. The van der Waals surface area contributed by atoms with Crippen LogP contribution in [0.2, 0.25) is 0 Å². The Balaban J connectivity index is 1.74. The summed E-state index contributed by atoms with van der Waals surface area (Å²) in [5.74, 6) is 0. The van der Waals surface area contributed by atoms with Crippen LogP contribution < -0.4 is 10.9 Å². The highest BCUT2D eigenvalue weighted by Crippen LogP contribution is 2.19. The van der Waals surface area contributed by atoms with Crippen molar-refractivity contribution in [3.8, 4) is 0 Å². The van der Waals surface area contributed by atoms with E-state index in [1.54, 1.807) is 0 Å². The van der Waals surface area contributed by atoms with Gasteiger partial charge in [0, 0.05) is 38.3 Å². The van der Waals surface area contributed by atoms with Gasteiger partial charge in [-0.1, -0.05) is 12.1 Å². The maximum atomic E-state index is 12.8. The fourth-order valence-electron chi connectivity index (χ4n) is 3.72. The van der Waals surface area contributed by atoms with Crippen molar-refractivity contribution in [3.05, 3.63) is 45.2 Å². The van der Waals surface area contributed by atoms with Crippen LogP contribution in [0.1, 0.15) is 30.0 Å². The molecule has 0 spiro atoms. The highest BCUT2D eigenvalue weighted by Gasteiger charge is 2.15. The molecule has 2 aromatic rings. The Morgan fingerprint density at radius 1 is 1.31 bits per heavy atom. The lowest BCUT2D eigenvalue weighted by Crippen LogP contribution is -2.42. The zero-order chi connectivity index (χ0) is 20.8. The fourth-order valence-corrected chi connectivity index (χ4v) is 4.02. The maximum absolute atomic E-state index is 12.8. The largest absolute Gasteiger partial charge is 0.379 e. The number of aryl methyl sites for hydroxylation is 2. The lowest BCUT2D eigenvalue weighted by Gasteiger charge is -2.29. The van der Waals surface area contributed by atoms with Gasteiger partial charge in [0.15, 0.2) is 5.11 Å². The number of fused-ring (bicyclic) bond motifs is 1. The molecule has 0 atom stereocenters. The number of rotatable bonds is 7. The van der Waals surface area contributed by atoms with E-state index < -0.39 is 0 Å². The van der Waals surface area contributed by atoms with E-state index in [0.29, 0.717) is 11.7 Å². The van der Waals surface area contributed by atoms with E-state index in [1.165, 1.54) is 5.56 Å². The number of morpholine rings is 1. The van der Waals surface area contributed by atoms with Crippen molar-refractivity contribution in [1.29, 1.82) is 0 Å². The molecular formula is C22H32N4O2S. The lowest BCUT2D eigenvalue weighted by molar-refractivity contribution is 0.0367. The first kappa shape index (κ1) is 21.7. The first-order valence-electron chi connectivity index (χ1n) is 10.4. The van der Waals surface area contributed by atoms with Gasteiger partial charge in [0.25, 0.3) is 5.56 Å². The SMILES string of the molecule is CCNC(=S)N(CCCN1CCOCC1)Cc1cc2ccc(C)c(C)c2[nH]c1=O. The number of thiocarbonyl (C=S) groups is 1. The third kappa shape index (κ3) is 5.56. The van der Waals surface area contributed by atoms with Crippen LogP contribution in [0.5, 0.6) is 0 Å². The third-order valence-electron chi connectivity index (χ3n) is 5.61. The van der Waals surface area contributed by atoms with Gasteiger partial charge < -0.3 is 19.9 Å². The number of H-pyrrole nitrogens is 1. The number of benzene rings is 1. The van der Waals surface area contributed by atoms with Crippen molar-refractivity contribution in [3.63, 3.8) is 0 Å². The van der Waals surface area contributed by atoms with Gasteiger partial charge in [-0.25, -0.2) is 0 Å². The average molecular weight is 417 g/mol. The molecular weight excluding hydrogens is 384 g/mol. The summed E-state index contributed by atoms with van der Waals surface area (Å²) in [6.07, 6.45) is 0.995. The van der Waals surface area contributed by atoms with Crippen LogP contribution in [0.15, 0.2) is 23.0 Å². The molecule has 29 heavy (non-hydrogen) atoms. The molecule has 1 aromatic carbocycles. The molecule has 158 valence electrons. The Hall–Kier alpha value is -1.96. The van der Waals surface area contributed by atoms with Gasteiger partial charge in [-0.3, -0.25) is 9.69 Å². The maximum Gasteiger partial charge on any atom is 0.253 e. The van der Waals surface area contributed by atoms with Crippen molar-refractivity contribution in [2.24, 2.45) is 0 Å². The molecule has 2 heterocycles. The summed E-state index contributed by atoms with van der Waals surface area (Å²) in [4.78, 5) is 20.4. The van der Waals surface area contributed by atoms with Gasteiger partial charge in [0.1, 0.15) is 0 Å². The first-order chi connectivity index (χ1) is 14.0. The molecule has 1 aliphatic rings. The van der Waals surface area contributed by atoms with E-state index in [1.807, 2.05) is 19.9 Å². The molecule has 1 aliphatic heterocycles. The van der Waals surface area contributed by atoms with Gasteiger partial charge in [-0.05, 0) is 62.0 Å². The van der Waals surface area contributed by atoms with Crippen LogP contribution in [-0.2, 0) is 11.3 Å². The van der Waals surface area contributed by atoms with Crippen LogP contribution in [0.4, 0.5) is 0 Å². The van der Waals surface area contributed by atoms with Crippen LogP contribution in [-0.4, -0.2) is 65.8 Å². The standard InChI is InChI=1S/C22H32N4O2S/c1-4-23-22(29)26(9-5-8-25-10-12-28-13-11-25)15-19-14-18-7-6-16(2)17(3)20(18)24-21(19)27/h6-7,14H,4-5,8-13,15H2,1-3H3,(H,23,29)(H,24,27). The second-order valence-electron chi connectivity index (χ2n) is 7.66. The number of nitrogens with zero attached hydrogens (tertiary/aromatic N) is 2. The molecule has 7 heteroatoms. The van der Waals surface area contributed by atoms with E-state index >= 15 is 0 Å². The van der Waals surface area contributed by atoms with Crippen molar-refractivity contribution in [2.45, 2.75) is 33.7 Å². The fraction of sp³-hybridized carbons (Fsp3) is 0.545. The molecule has 0 amide bonds. The van der Waals surface area contributed by atoms with E-state index in [9.17, 15) is 4.79 Å². The molecule has 0 radical (unpaired) electrons. The van der Waals surface area contributed by atoms with E-state index in [2.05, 4.69) is 39.2 Å². The number of ether oxygens (including phenoxy) is 1. The molecule has 1 fully saturated rings. The minimum atomic E-state index is -0.0383. The zero-order valence-corrected chi connectivity index (χ0v) is 18.5. The first-order valence-corrected chi connectivity index (χ1v) is 10.9. The molecule has 0 saturated carbocycles. The summed E-state index contributed by atoms with van der Waals surface area (Å²) < 4.78 is 5.42. The van der Waals surface area contributed by atoms with Crippen molar-refractivity contribution >= 4 is 28.2 Å². The Labute approximate surface area is 178 Å². The van der Waals surface area contributed by atoms with Crippen LogP contribution in [0, 0.1) is 13.8 Å². The summed E-state index contributed by atoms with van der Waals surface area (Å²) in [6.45, 7) is 12.8. The number of aromatic nitrogens is 1. The number of aromatic amines is 1. The number of pyridine rings is 1. The van der Waals surface area contributed by atoms with Gasteiger partial charge in [-0.15, -0.1) is 0 Å². The highest BCUT2D eigenvalue weighted by atomic mass is 32.1. The van der Waals surface area contributed by atoms with E-state index in [0.717, 1.165) is 74.4 Å². The van der Waals surface area contributed by atoms with E-state index in [4.69, 9.17) is 17.0 Å². The van der Waals surface area contributed by atoms with Crippen LogP contribution in [0.3, 0.4) is 0 Å². The number of nitrogens with one attached hydrogen (secondary N) is 2. The lowest BCUT2D eigenvalue weighted by atomic mass is 10.0. The molecule has 3 rings (SSSR count). The predicted molar refractivity (Wildman–Crippen MR) is 123 cm³/mol. The second kappa shape index (κ2) is 10.2. The summed E-state index contributed by atoms with van der Waals surface area (Å²) >= 11 is 5.59. The van der Waals surface area contributed by atoms with Crippen molar-refractivity contribution in [1.82, 2.24) is 20.1 Å². The summed E-state index contributed by atoms with van der Waals surface area (Å²) in [5, 5.41) is 5.00. The minimum Gasteiger partial charge on any atom is -0.379 e. The Kier molecular flexibility index (Phi) is 7.64. The van der Waals surface area contributed by atoms with E-state index in [-0.39, 0.29) is 5.56 Å².